The number of hydrogen-bond acceptors (Lipinski definition) is 3. The Kier molecular flexibility index (Phi) is 2.76. The molecule has 1 aromatic heterocycles. The normalized spacial score (nSPS) is 11.1. The molecule has 4 rings (SSSR count). The van der Waals surface area contributed by atoms with E-state index in [1.807, 2.05) is 30.3 Å². The van der Waals surface area contributed by atoms with Gasteiger partial charge in [-0.25, -0.2) is 4.98 Å². The van der Waals surface area contributed by atoms with E-state index < -0.39 is 0 Å². The molecule has 0 amide bonds. The Labute approximate surface area is 122 Å². The third-order valence-corrected chi connectivity index (χ3v) is 3.82. The van der Waals surface area contributed by atoms with Crippen molar-refractivity contribution in [3.63, 3.8) is 0 Å². The van der Waals surface area contributed by atoms with Gasteiger partial charge in [-0.1, -0.05) is 48.5 Å². The summed E-state index contributed by atoms with van der Waals surface area (Å²) in [6.07, 6.45) is 1.72. The summed E-state index contributed by atoms with van der Waals surface area (Å²) in [4.78, 5) is 4.27. The second-order valence-corrected chi connectivity index (χ2v) is 4.90. The van der Waals surface area contributed by atoms with Crippen LogP contribution in [0.5, 0.6) is 5.88 Å². The minimum absolute atomic E-state index is 0.382. The lowest BCUT2D eigenvalue weighted by molar-refractivity contribution is 0.447. The van der Waals surface area contributed by atoms with Crippen molar-refractivity contribution in [2.75, 3.05) is 0 Å². The lowest BCUT2D eigenvalue weighted by Crippen LogP contribution is -2.02. The van der Waals surface area contributed by atoms with E-state index in [1.165, 1.54) is 5.39 Å². The highest BCUT2D eigenvalue weighted by atomic mass is 16.5. The molecule has 1 heterocycles. The Bertz CT molecular complexity index is 924. The summed E-state index contributed by atoms with van der Waals surface area (Å²) in [6, 6.07) is 18.5. The maximum Gasteiger partial charge on any atom is 0.505 e. The van der Waals surface area contributed by atoms with Gasteiger partial charge in [0.1, 0.15) is 0 Å². The van der Waals surface area contributed by atoms with Crippen LogP contribution in [0.1, 0.15) is 0 Å². The fourth-order valence-electron chi connectivity index (χ4n) is 2.99. The zero-order valence-electron chi connectivity index (χ0n) is 11.3. The Morgan fingerprint density at radius 2 is 1.29 bits per heavy atom. The van der Waals surface area contributed by atoms with Gasteiger partial charge in [0.05, 0.1) is 5.39 Å². The third kappa shape index (κ3) is 1.77. The molecule has 0 aliphatic rings. The summed E-state index contributed by atoms with van der Waals surface area (Å²) >= 11 is 0. The SMILES string of the molecule is OBOc1nccc2c3ccccc3c3ccccc3c12. The number of fused-ring (bicyclic) bond motifs is 6. The van der Waals surface area contributed by atoms with Gasteiger partial charge in [-0.3, -0.25) is 0 Å². The summed E-state index contributed by atoms with van der Waals surface area (Å²) in [5, 5.41) is 15.8. The molecule has 3 aromatic carbocycles. The number of hydrogen-bond donors (Lipinski definition) is 1. The van der Waals surface area contributed by atoms with E-state index in [-0.39, 0.29) is 7.69 Å². The molecule has 1 N–H and O–H groups in total. The van der Waals surface area contributed by atoms with Gasteiger partial charge >= 0.3 is 7.69 Å². The molecule has 0 spiro atoms. The van der Waals surface area contributed by atoms with Gasteiger partial charge in [0.25, 0.3) is 0 Å². The van der Waals surface area contributed by atoms with Gasteiger partial charge in [0, 0.05) is 6.20 Å². The zero-order chi connectivity index (χ0) is 14.2. The first-order valence-corrected chi connectivity index (χ1v) is 6.82. The molecular weight excluding hydrogens is 261 g/mol. The molecule has 0 bridgehead atoms. The fourth-order valence-corrected chi connectivity index (χ4v) is 2.99. The van der Waals surface area contributed by atoms with Gasteiger partial charge < -0.3 is 9.68 Å². The smallest absolute Gasteiger partial charge is 0.505 e. The van der Waals surface area contributed by atoms with Crippen molar-refractivity contribution < 1.29 is 9.68 Å². The Balaban J connectivity index is 2.33. The predicted molar refractivity (Wildman–Crippen MR) is 86.8 cm³/mol. The second kappa shape index (κ2) is 4.75. The quantitative estimate of drug-likeness (QED) is 0.450. The third-order valence-electron chi connectivity index (χ3n) is 3.82. The topological polar surface area (TPSA) is 42.4 Å². The second-order valence-electron chi connectivity index (χ2n) is 4.90. The van der Waals surface area contributed by atoms with Crippen molar-refractivity contribution in [2.24, 2.45) is 0 Å². The highest BCUT2D eigenvalue weighted by molar-refractivity contribution is 6.27. The molecule has 0 atom stereocenters. The van der Waals surface area contributed by atoms with Crippen molar-refractivity contribution in [3.8, 4) is 5.88 Å². The zero-order valence-corrected chi connectivity index (χ0v) is 11.3. The predicted octanol–water partition coefficient (Wildman–Crippen LogP) is 3.18. The number of nitrogens with zero attached hydrogens (tertiary/aromatic N) is 1. The van der Waals surface area contributed by atoms with Crippen molar-refractivity contribution in [3.05, 3.63) is 60.8 Å². The summed E-state index contributed by atoms with van der Waals surface area (Å²) < 4.78 is 5.32. The lowest BCUT2D eigenvalue weighted by Gasteiger charge is -2.12. The molecule has 100 valence electrons. The number of aromatic nitrogens is 1. The van der Waals surface area contributed by atoms with Crippen LogP contribution in [-0.2, 0) is 0 Å². The minimum atomic E-state index is -0.382. The highest BCUT2D eigenvalue weighted by Gasteiger charge is 2.12. The molecule has 0 saturated heterocycles. The largest absolute Gasteiger partial charge is 0.524 e. The van der Waals surface area contributed by atoms with Crippen LogP contribution in [0.4, 0.5) is 0 Å². The minimum Gasteiger partial charge on any atom is -0.524 e. The molecule has 0 aliphatic carbocycles. The number of benzene rings is 3. The van der Waals surface area contributed by atoms with E-state index in [9.17, 15) is 0 Å². The summed E-state index contributed by atoms with van der Waals surface area (Å²) in [5.41, 5.74) is 0. The van der Waals surface area contributed by atoms with E-state index >= 15 is 0 Å². The van der Waals surface area contributed by atoms with Crippen molar-refractivity contribution >= 4 is 40.0 Å². The summed E-state index contributed by atoms with van der Waals surface area (Å²) in [5.74, 6) is 0.469. The molecular formula is C17H12BNO2. The lowest BCUT2D eigenvalue weighted by atomic mass is 9.95. The van der Waals surface area contributed by atoms with Gasteiger partial charge in [0.15, 0.2) is 0 Å². The highest BCUT2D eigenvalue weighted by Crippen LogP contribution is 2.38. The van der Waals surface area contributed by atoms with Crippen molar-refractivity contribution in [2.45, 2.75) is 0 Å². The molecule has 21 heavy (non-hydrogen) atoms. The van der Waals surface area contributed by atoms with E-state index in [1.54, 1.807) is 6.20 Å². The summed E-state index contributed by atoms with van der Waals surface area (Å²) in [7, 11) is -0.382. The van der Waals surface area contributed by atoms with E-state index in [4.69, 9.17) is 9.68 Å². The van der Waals surface area contributed by atoms with Gasteiger partial charge in [-0.2, -0.15) is 0 Å². The first kappa shape index (κ1) is 12.2. The molecule has 0 radical (unpaired) electrons. The van der Waals surface area contributed by atoms with E-state index in [0.717, 1.165) is 26.9 Å². The Hall–Kier alpha value is -2.59. The van der Waals surface area contributed by atoms with Gasteiger partial charge in [0.2, 0.25) is 5.88 Å². The van der Waals surface area contributed by atoms with Gasteiger partial charge in [-0.05, 0) is 33.0 Å². The summed E-state index contributed by atoms with van der Waals surface area (Å²) in [6.45, 7) is 0. The monoisotopic (exact) mass is 273 g/mol. The van der Waals surface area contributed by atoms with E-state index in [0.29, 0.717) is 5.88 Å². The molecule has 4 aromatic rings. The number of pyridine rings is 1. The number of rotatable bonds is 2. The van der Waals surface area contributed by atoms with Crippen LogP contribution in [0, 0.1) is 0 Å². The van der Waals surface area contributed by atoms with Crippen molar-refractivity contribution in [1.82, 2.24) is 4.98 Å². The van der Waals surface area contributed by atoms with Crippen molar-refractivity contribution in [1.29, 1.82) is 0 Å². The van der Waals surface area contributed by atoms with Crippen LogP contribution in [0.2, 0.25) is 0 Å². The first-order chi connectivity index (χ1) is 10.4. The molecule has 0 fully saturated rings. The molecule has 4 heteroatoms. The van der Waals surface area contributed by atoms with Crippen LogP contribution in [-0.4, -0.2) is 17.7 Å². The van der Waals surface area contributed by atoms with Crippen LogP contribution in [0.15, 0.2) is 60.8 Å². The first-order valence-electron chi connectivity index (χ1n) is 6.82. The Morgan fingerprint density at radius 3 is 1.90 bits per heavy atom. The maximum absolute atomic E-state index is 9.10. The molecule has 0 unspecified atom stereocenters. The fraction of sp³-hybridized carbons (Fsp3) is 0. The van der Waals surface area contributed by atoms with Crippen LogP contribution >= 0.6 is 0 Å². The molecule has 3 nitrogen and oxygen atoms in total. The van der Waals surface area contributed by atoms with Crippen LogP contribution < -0.4 is 4.65 Å². The average molecular weight is 273 g/mol. The standard InChI is InChI=1S/C17H12BNO2/c20-18-21-17-16-14-8-4-3-6-12(14)11-5-1-2-7-13(11)15(16)9-10-19-17/h1-10,18,20H. The molecule has 0 saturated carbocycles. The molecule has 0 aliphatic heterocycles. The Morgan fingerprint density at radius 1 is 0.762 bits per heavy atom. The van der Waals surface area contributed by atoms with Crippen LogP contribution in [0.25, 0.3) is 32.3 Å². The van der Waals surface area contributed by atoms with E-state index in [2.05, 4.69) is 29.2 Å². The van der Waals surface area contributed by atoms with Crippen LogP contribution in [0.3, 0.4) is 0 Å². The average Bonchev–Trinajstić information content (AvgIpc) is 2.55. The van der Waals surface area contributed by atoms with Gasteiger partial charge in [-0.15, -0.1) is 0 Å². The maximum atomic E-state index is 9.10.